The van der Waals surface area contributed by atoms with Gasteiger partial charge in [-0.05, 0) is 36.2 Å². The minimum atomic E-state index is -0.764. The molecule has 0 bridgehead atoms. The first-order valence-electron chi connectivity index (χ1n) is 7.19. The molecule has 112 valence electrons. The summed E-state index contributed by atoms with van der Waals surface area (Å²) in [5, 5.41) is 3.79. The lowest BCUT2D eigenvalue weighted by molar-refractivity contribution is 0.576. The molecule has 1 aromatic heterocycles. The summed E-state index contributed by atoms with van der Waals surface area (Å²) in [6, 6.07) is 14.6. The van der Waals surface area contributed by atoms with Crippen LogP contribution in [0.1, 0.15) is 30.5 Å². The maximum absolute atomic E-state index is 11.4. The standard InChI is InChI=1S/C17H22N2OS/c1-14(21(2)20)8-13-19-17(15-6-4-3-5-7-15)16-9-11-18-12-10-16/h3-7,9-12,14,17,19H,8,13H2,1-2H3. The smallest absolute Gasteiger partial charge is 0.0577 e. The average Bonchev–Trinajstić information content (AvgIpc) is 2.53. The van der Waals surface area contributed by atoms with E-state index in [0.29, 0.717) is 0 Å². The van der Waals surface area contributed by atoms with Gasteiger partial charge in [-0.1, -0.05) is 37.3 Å². The van der Waals surface area contributed by atoms with Crippen LogP contribution in [0.25, 0.3) is 0 Å². The maximum Gasteiger partial charge on any atom is 0.0577 e. The summed E-state index contributed by atoms with van der Waals surface area (Å²) in [5.41, 5.74) is 2.43. The fraction of sp³-hybridized carbons (Fsp3) is 0.353. The van der Waals surface area contributed by atoms with E-state index in [9.17, 15) is 4.21 Å². The molecular weight excluding hydrogens is 280 g/mol. The second-order valence-corrected chi connectivity index (χ2v) is 6.98. The molecule has 2 aromatic rings. The number of aromatic nitrogens is 1. The Bertz CT molecular complexity index is 520. The summed E-state index contributed by atoms with van der Waals surface area (Å²) in [6.45, 7) is 2.87. The number of rotatable bonds is 7. The van der Waals surface area contributed by atoms with Gasteiger partial charge in [0.25, 0.3) is 0 Å². The first-order chi connectivity index (χ1) is 10.2. The van der Waals surface area contributed by atoms with Gasteiger partial charge in [-0.3, -0.25) is 9.19 Å². The van der Waals surface area contributed by atoms with E-state index in [0.717, 1.165) is 13.0 Å². The molecule has 2 rings (SSSR count). The van der Waals surface area contributed by atoms with Gasteiger partial charge in [-0.25, -0.2) is 0 Å². The highest BCUT2D eigenvalue weighted by atomic mass is 32.2. The van der Waals surface area contributed by atoms with E-state index in [4.69, 9.17) is 0 Å². The van der Waals surface area contributed by atoms with Crippen molar-refractivity contribution >= 4 is 10.8 Å². The van der Waals surface area contributed by atoms with Crippen molar-refractivity contribution in [3.05, 3.63) is 66.0 Å². The fourth-order valence-electron chi connectivity index (χ4n) is 2.23. The first kappa shape index (κ1) is 15.9. The van der Waals surface area contributed by atoms with Crippen molar-refractivity contribution in [1.29, 1.82) is 0 Å². The highest BCUT2D eigenvalue weighted by molar-refractivity contribution is 7.84. The van der Waals surface area contributed by atoms with Crippen LogP contribution in [0, 0.1) is 0 Å². The lowest BCUT2D eigenvalue weighted by Gasteiger charge is -2.20. The summed E-state index contributed by atoms with van der Waals surface area (Å²) in [5.74, 6) is 0. The Labute approximate surface area is 129 Å². The molecular formula is C17H22N2OS. The van der Waals surface area contributed by atoms with E-state index in [2.05, 4.69) is 34.6 Å². The number of hydrogen-bond donors (Lipinski definition) is 1. The van der Waals surface area contributed by atoms with Gasteiger partial charge >= 0.3 is 0 Å². The second kappa shape index (κ2) is 8.05. The zero-order valence-electron chi connectivity index (χ0n) is 12.5. The van der Waals surface area contributed by atoms with Gasteiger partial charge in [-0.2, -0.15) is 0 Å². The third-order valence-corrected chi connectivity index (χ3v) is 5.01. The van der Waals surface area contributed by atoms with E-state index < -0.39 is 10.8 Å². The number of pyridine rings is 1. The molecule has 3 atom stereocenters. The van der Waals surface area contributed by atoms with Crippen molar-refractivity contribution in [3.63, 3.8) is 0 Å². The molecule has 4 heteroatoms. The fourth-order valence-corrected chi connectivity index (χ4v) is 2.68. The predicted molar refractivity (Wildman–Crippen MR) is 88.7 cm³/mol. The highest BCUT2D eigenvalue weighted by Crippen LogP contribution is 2.21. The van der Waals surface area contributed by atoms with Crippen molar-refractivity contribution in [2.75, 3.05) is 12.8 Å². The van der Waals surface area contributed by atoms with Crippen LogP contribution in [0.2, 0.25) is 0 Å². The number of nitrogens with one attached hydrogen (secondary N) is 1. The molecule has 0 radical (unpaired) electrons. The summed E-state index contributed by atoms with van der Waals surface area (Å²) >= 11 is 0. The van der Waals surface area contributed by atoms with Crippen LogP contribution >= 0.6 is 0 Å². The van der Waals surface area contributed by atoms with Crippen molar-refractivity contribution in [2.24, 2.45) is 0 Å². The molecule has 0 aliphatic carbocycles. The maximum atomic E-state index is 11.4. The Morgan fingerprint density at radius 3 is 2.33 bits per heavy atom. The lowest BCUT2D eigenvalue weighted by atomic mass is 9.99. The van der Waals surface area contributed by atoms with E-state index in [1.165, 1.54) is 11.1 Å². The van der Waals surface area contributed by atoms with Crippen LogP contribution in [-0.2, 0) is 10.8 Å². The molecule has 0 spiro atoms. The summed E-state index contributed by atoms with van der Waals surface area (Å²) in [7, 11) is -0.764. The minimum absolute atomic E-state index is 0.145. The minimum Gasteiger partial charge on any atom is -0.306 e. The van der Waals surface area contributed by atoms with Gasteiger partial charge in [0, 0.05) is 34.7 Å². The zero-order valence-corrected chi connectivity index (χ0v) is 13.3. The number of hydrogen-bond acceptors (Lipinski definition) is 3. The molecule has 1 heterocycles. The van der Waals surface area contributed by atoms with E-state index in [1.54, 1.807) is 6.26 Å². The molecule has 3 nitrogen and oxygen atoms in total. The second-order valence-electron chi connectivity index (χ2n) is 5.18. The molecule has 0 saturated carbocycles. The number of benzene rings is 1. The Morgan fingerprint density at radius 2 is 1.71 bits per heavy atom. The summed E-state index contributed by atoms with van der Waals surface area (Å²) < 4.78 is 11.4. The molecule has 0 fully saturated rings. The third-order valence-electron chi connectivity index (χ3n) is 3.64. The highest BCUT2D eigenvalue weighted by Gasteiger charge is 2.14. The predicted octanol–water partition coefficient (Wildman–Crippen LogP) is 2.92. The van der Waals surface area contributed by atoms with Gasteiger partial charge < -0.3 is 5.32 Å². The average molecular weight is 302 g/mol. The largest absolute Gasteiger partial charge is 0.306 e. The molecule has 0 aliphatic rings. The van der Waals surface area contributed by atoms with Gasteiger partial charge in [-0.15, -0.1) is 0 Å². The van der Waals surface area contributed by atoms with Gasteiger partial charge in [0.2, 0.25) is 0 Å². The SMILES string of the molecule is CC(CCNC(c1ccccc1)c1ccncc1)S(C)=O. The Hall–Kier alpha value is -1.52. The Balaban J connectivity index is 2.09. The molecule has 0 amide bonds. The van der Waals surface area contributed by atoms with Crippen molar-refractivity contribution < 1.29 is 4.21 Å². The molecule has 0 aliphatic heterocycles. The third kappa shape index (κ3) is 4.76. The van der Waals surface area contributed by atoms with Gasteiger partial charge in [0.1, 0.15) is 0 Å². The quantitative estimate of drug-likeness (QED) is 0.855. The van der Waals surface area contributed by atoms with Crippen molar-refractivity contribution in [2.45, 2.75) is 24.6 Å². The number of nitrogens with zero attached hydrogens (tertiary/aromatic N) is 1. The lowest BCUT2D eigenvalue weighted by Crippen LogP contribution is -2.26. The topological polar surface area (TPSA) is 42.0 Å². The van der Waals surface area contributed by atoms with Crippen molar-refractivity contribution in [1.82, 2.24) is 10.3 Å². The first-order valence-corrected chi connectivity index (χ1v) is 8.81. The molecule has 1 N–H and O–H groups in total. The van der Waals surface area contributed by atoms with Crippen LogP contribution in [0.4, 0.5) is 0 Å². The Morgan fingerprint density at radius 1 is 1.10 bits per heavy atom. The monoisotopic (exact) mass is 302 g/mol. The van der Waals surface area contributed by atoms with Crippen LogP contribution in [0.5, 0.6) is 0 Å². The van der Waals surface area contributed by atoms with Gasteiger partial charge in [0.05, 0.1) is 6.04 Å². The van der Waals surface area contributed by atoms with E-state index in [-0.39, 0.29) is 11.3 Å². The van der Waals surface area contributed by atoms with E-state index in [1.807, 2.05) is 37.5 Å². The van der Waals surface area contributed by atoms with Crippen LogP contribution in [-0.4, -0.2) is 27.2 Å². The van der Waals surface area contributed by atoms with Crippen LogP contribution in [0.15, 0.2) is 54.9 Å². The molecule has 0 saturated heterocycles. The van der Waals surface area contributed by atoms with E-state index >= 15 is 0 Å². The molecule has 1 aromatic carbocycles. The van der Waals surface area contributed by atoms with Crippen LogP contribution in [0.3, 0.4) is 0 Å². The summed E-state index contributed by atoms with van der Waals surface area (Å²) in [6.07, 6.45) is 6.30. The zero-order chi connectivity index (χ0) is 15.1. The van der Waals surface area contributed by atoms with Crippen molar-refractivity contribution in [3.8, 4) is 0 Å². The van der Waals surface area contributed by atoms with Gasteiger partial charge in [0.15, 0.2) is 0 Å². The van der Waals surface area contributed by atoms with Crippen LogP contribution < -0.4 is 5.32 Å². The molecule has 21 heavy (non-hydrogen) atoms. The normalized spacial score (nSPS) is 15.3. The summed E-state index contributed by atoms with van der Waals surface area (Å²) in [4.78, 5) is 4.09. The Kier molecular flexibility index (Phi) is 6.08. The molecule has 3 unspecified atom stereocenters.